The van der Waals surface area contributed by atoms with Crippen LogP contribution in [0, 0.1) is 3.57 Å². The lowest BCUT2D eigenvalue weighted by molar-refractivity contribution is -0.274. The third-order valence-corrected chi connectivity index (χ3v) is 3.77. The van der Waals surface area contributed by atoms with Gasteiger partial charge >= 0.3 is 6.36 Å². The van der Waals surface area contributed by atoms with Crippen molar-refractivity contribution in [2.45, 2.75) is 6.36 Å². The molecule has 2 heterocycles. The molecular weight excluding hydrogens is 396 g/mol. The van der Waals surface area contributed by atoms with Crippen LogP contribution in [0.4, 0.5) is 13.2 Å². The normalized spacial score (nSPS) is 11.8. The van der Waals surface area contributed by atoms with Crippen molar-refractivity contribution in [1.29, 1.82) is 0 Å². The quantitative estimate of drug-likeness (QED) is 0.628. The van der Waals surface area contributed by atoms with E-state index in [-0.39, 0.29) is 5.75 Å². The van der Waals surface area contributed by atoms with Crippen LogP contribution in [0.15, 0.2) is 42.7 Å². The molecule has 0 fully saturated rings. The number of hydrogen-bond acceptors (Lipinski definition) is 2. The van der Waals surface area contributed by atoms with E-state index in [9.17, 15) is 13.2 Å². The van der Waals surface area contributed by atoms with Crippen molar-refractivity contribution in [2.75, 3.05) is 0 Å². The van der Waals surface area contributed by atoms with E-state index >= 15 is 0 Å². The zero-order valence-electron chi connectivity index (χ0n) is 10.4. The fourth-order valence-corrected chi connectivity index (χ4v) is 2.57. The number of aromatic nitrogens is 2. The maximum Gasteiger partial charge on any atom is 0.573 e. The Kier molecular flexibility index (Phi) is 3.52. The highest BCUT2D eigenvalue weighted by Gasteiger charge is 2.31. The molecule has 3 rings (SSSR count). The van der Waals surface area contributed by atoms with Crippen molar-refractivity contribution in [3.63, 3.8) is 0 Å². The Labute approximate surface area is 131 Å². The molecule has 0 amide bonds. The molecule has 3 aromatic rings. The molecule has 0 saturated carbocycles. The molecule has 0 saturated heterocycles. The average molecular weight is 404 g/mol. The second kappa shape index (κ2) is 5.21. The number of ether oxygens (including phenoxy) is 1. The van der Waals surface area contributed by atoms with Gasteiger partial charge < -0.3 is 9.72 Å². The van der Waals surface area contributed by atoms with Crippen molar-refractivity contribution in [2.24, 2.45) is 0 Å². The summed E-state index contributed by atoms with van der Waals surface area (Å²) in [4.78, 5) is 7.28. The number of aromatic amines is 1. The van der Waals surface area contributed by atoms with Gasteiger partial charge in [-0.1, -0.05) is 12.1 Å². The number of rotatable bonds is 2. The Morgan fingerprint density at radius 3 is 2.71 bits per heavy atom. The largest absolute Gasteiger partial charge is 0.573 e. The predicted octanol–water partition coefficient (Wildman–Crippen LogP) is 4.73. The summed E-state index contributed by atoms with van der Waals surface area (Å²) in [6.45, 7) is 0. The number of nitrogens with one attached hydrogen (secondary N) is 1. The number of halogens is 4. The number of alkyl halides is 3. The van der Waals surface area contributed by atoms with Crippen LogP contribution in [0.5, 0.6) is 5.75 Å². The molecule has 3 nitrogen and oxygen atoms in total. The van der Waals surface area contributed by atoms with Gasteiger partial charge in [-0.3, -0.25) is 0 Å². The molecule has 0 radical (unpaired) electrons. The summed E-state index contributed by atoms with van der Waals surface area (Å²) in [6.07, 6.45) is -1.26. The molecule has 2 aromatic heterocycles. The van der Waals surface area contributed by atoms with Gasteiger partial charge in [0.15, 0.2) is 0 Å². The Morgan fingerprint density at radius 2 is 1.95 bits per heavy atom. The third kappa shape index (κ3) is 3.12. The van der Waals surface area contributed by atoms with Gasteiger partial charge in [0.2, 0.25) is 0 Å². The zero-order chi connectivity index (χ0) is 15.0. The van der Waals surface area contributed by atoms with E-state index in [4.69, 9.17) is 0 Å². The van der Waals surface area contributed by atoms with Gasteiger partial charge in [0, 0.05) is 26.9 Å². The van der Waals surface area contributed by atoms with Crippen LogP contribution >= 0.6 is 22.6 Å². The predicted molar refractivity (Wildman–Crippen MR) is 80.9 cm³/mol. The molecule has 0 aliphatic rings. The van der Waals surface area contributed by atoms with Crippen molar-refractivity contribution in [3.05, 3.63) is 46.3 Å². The minimum Gasteiger partial charge on any atom is -0.406 e. The first-order chi connectivity index (χ1) is 9.92. The lowest BCUT2D eigenvalue weighted by Crippen LogP contribution is -2.17. The highest BCUT2D eigenvalue weighted by Crippen LogP contribution is 2.29. The maximum atomic E-state index is 12.3. The van der Waals surface area contributed by atoms with Crippen LogP contribution in [0.1, 0.15) is 0 Å². The van der Waals surface area contributed by atoms with Gasteiger partial charge in [-0.2, -0.15) is 0 Å². The molecular formula is C14H8F3IN2O. The van der Waals surface area contributed by atoms with Crippen LogP contribution in [-0.2, 0) is 0 Å². The second-order valence-corrected chi connectivity index (χ2v) is 5.49. The monoisotopic (exact) mass is 404 g/mol. The molecule has 108 valence electrons. The number of nitrogens with zero attached hydrogens (tertiary/aromatic N) is 1. The highest BCUT2D eigenvalue weighted by atomic mass is 127. The first kappa shape index (κ1) is 14.2. The highest BCUT2D eigenvalue weighted by molar-refractivity contribution is 14.1. The molecule has 0 bridgehead atoms. The number of pyridine rings is 1. The van der Waals surface area contributed by atoms with Crippen LogP contribution in [-0.4, -0.2) is 16.3 Å². The van der Waals surface area contributed by atoms with E-state index in [1.165, 1.54) is 18.2 Å². The summed E-state index contributed by atoms with van der Waals surface area (Å²) >= 11 is 2.17. The molecule has 1 aromatic carbocycles. The lowest BCUT2D eigenvalue weighted by atomic mass is 10.1. The molecule has 0 spiro atoms. The minimum atomic E-state index is -4.70. The van der Waals surface area contributed by atoms with Crippen LogP contribution < -0.4 is 4.74 Å². The van der Waals surface area contributed by atoms with E-state index in [2.05, 4.69) is 37.3 Å². The number of fused-ring (bicyclic) bond motifs is 1. The Balaban J connectivity index is 2.01. The van der Waals surface area contributed by atoms with Crippen LogP contribution in [0.3, 0.4) is 0 Å². The van der Waals surface area contributed by atoms with Crippen LogP contribution in [0.25, 0.3) is 22.2 Å². The fraction of sp³-hybridized carbons (Fsp3) is 0.0714. The standard InChI is InChI=1S/C14H8F3IN2O/c15-14(16,17)21-10-3-1-2-8(4-10)9-5-11-12(18)7-20-13(11)19-6-9/h1-7H,(H,19,20). The molecule has 0 aliphatic heterocycles. The van der Waals surface area contributed by atoms with Gasteiger partial charge in [-0.15, -0.1) is 13.2 Å². The summed E-state index contributed by atoms with van der Waals surface area (Å²) in [7, 11) is 0. The Bertz CT molecular complexity index is 798. The van der Waals surface area contributed by atoms with Crippen molar-refractivity contribution in [3.8, 4) is 16.9 Å². The lowest BCUT2D eigenvalue weighted by Gasteiger charge is -2.10. The number of H-pyrrole nitrogens is 1. The average Bonchev–Trinajstić information content (AvgIpc) is 2.78. The fourth-order valence-electron chi connectivity index (χ4n) is 2.00. The van der Waals surface area contributed by atoms with E-state index in [0.717, 1.165) is 20.2 Å². The zero-order valence-corrected chi connectivity index (χ0v) is 12.6. The topological polar surface area (TPSA) is 37.9 Å². The van der Waals surface area contributed by atoms with E-state index in [0.29, 0.717) is 5.56 Å². The van der Waals surface area contributed by atoms with Crippen molar-refractivity contribution >= 4 is 33.6 Å². The molecule has 7 heteroatoms. The van der Waals surface area contributed by atoms with E-state index < -0.39 is 6.36 Å². The smallest absolute Gasteiger partial charge is 0.406 e. The molecule has 1 N–H and O–H groups in total. The summed E-state index contributed by atoms with van der Waals surface area (Å²) < 4.78 is 41.7. The number of hydrogen-bond donors (Lipinski definition) is 1. The third-order valence-electron chi connectivity index (χ3n) is 2.88. The van der Waals surface area contributed by atoms with Gasteiger partial charge in [-0.05, 0) is 46.4 Å². The van der Waals surface area contributed by atoms with Gasteiger partial charge in [-0.25, -0.2) is 4.98 Å². The summed E-state index contributed by atoms with van der Waals surface area (Å²) in [6, 6.07) is 7.72. The summed E-state index contributed by atoms with van der Waals surface area (Å²) in [5.41, 5.74) is 2.08. The molecule has 21 heavy (non-hydrogen) atoms. The Hall–Kier alpha value is -1.77. The van der Waals surface area contributed by atoms with E-state index in [1.54, 1.807) is 12.3 Å². The molecule has 0 aliphatic carbocycles. The first-order valence-corrected chi connectivity index (χ1v) is 6.99. The first-order valence-electron chi connectivity index (χ1n) is 5.91. The number of benzene rings is 1. The summed E-state index contributed by atoms with van der Waals surface area (Å²) in [5.74, 6) is -0.246. The van der Waals surface area contributed by atoms with Gasteiger partial charge in [0.1, 0.15) is 11.4 Å². The molecule has 0 atom stereocenters. The summed E-state index contributed by atoms with van der Waals surface area (Å²) in [5, 5.41) is 0.926. The van der Waals surface area contributed by atoms with Gasteiger partial charge in [0.05, 0.1) is 0 Å². The van der Waals surface area contributed by atoms with Crippen molar-refractivity contribution in [1.82, 2.24) is 9.97 Å². The van der Waals surface area contributed by atoms with E-state index in [1.807, 2.05) is 12.3 Å². The van der Waals surface area contributed by atoms with Crippen molar-refractivity contribution < 1.29 is 17.9 Å². The van der Waals surface area contributed by atoms with Gasteiger partial charge in [0.25, 0.3) is 0 Å². The van der Waals surface area contributed by atoms with Crippen LogP contribution in [0.2, 0.25) is 0 Å². The minimum absolute atomic E-state index is 0.246. The molecule has 0 unspecified atom stereocenters. The second-order valence-electron chi connectivity index (χ2n) is 4.33. The Morgan fingerprint density at radius 1 is 1.14 bits per heavy atom. The SMILES string of the molecule is FC(F)(F)Oc1cccc(-c2cnc3[nH]cc(I)c3c2)c1. The maximum absolute atomic E-state index is 12.3.